The molecule has 23 valence electrons. The van der Waals surface area contributed by atoms with E-state index < -0.39 is 6.67 Å². The minimum absolute atomic E-state index is 0.162. The molecule has 0 amide bonds. The Balaban J connectivity index is 2.85. The summed E-state index contributed by atoms with van der Waals surface area (Å²) in [6.07, 6.45) is 0. The summed E-state index contributed by atoms with van der Waals surface area (Å²) < 4.78 is 10.8. The molecule has 0 rings (SSSR count). The molecule has 0 heterocycles. The molecule has 0 atom stereocenters. The first kappa shape index (κ1) is 4.93. The summed E-state index contributed by atoms with van der Waals surface area (Å²) in [6, 6.07) is 0. The fourth-order valence-corrected chi connectivity index (χ4v) is 0. The molecule has 3 heteroatoms. The van der Waals surface area contributed by atoms with Crippen LogP contribution in [-0.4, -0.2) is 27.4 Å². The van der Waals surface area contributed by atoms with Gasteiger partial charge in [0.15, 0.2) is 0 Å². The van der Waals surface area contributed by atoms with Crippen molar-refractivity contribution in [3.05, 3.63) is 0 Å². The van der Waals surface area contributed by atoms with E-state index in [-0.39, 0.29) is 5.36 Å². The number of rotatable bonds is 1. The zero-order chi connectivity index (χ0) is 4.28. The van der Waals surface area contributed by atoms with Crippen LogP contribution in [0.5, 0.6) is 0 Å². The summed E-state index contributed by atoms with van der Waals surface area (Å²) >= 11 is 0. The molecule has 0 unspecified atom stereocenters. The van der Waals surface area contributed by atoms with Gasteiger partial charge in [-0.3, -0.25) is 0 Å². The van der Waals surface area contributed by atoms with Crippen LogP contribution in [0.4, 0.5) is 4.39 Å². The maximum atomic E-state index is 10.8. The van der Waals surface area contributed by atoms with E-state index in [1.807, 2.05) is 0 Å². The molecule has 0 aromatic carbocycles. The van der Waals surface area contributed by atoms with Gasteiger partial charge in [-0.2, -0.15) is 0 Å². The molecular weight excluding hydrogens is 64.6 g/mol. The molecule has 0 saturated carbocycles. The standard InChI is InChI=1S/C2H2B2F/c3-2(4)1-5/h1H2. The van der Waals surface area contributed by atoms with Crippen LogP contribution in [-0.2, 0) is 0 Å². The third-order valence-electron chi connectivity index (χ3n) is 0.154. The van der Waals surface area contributed by atoms with E-state index in [0.29, 0.717) is 0 Å². The Morgan fingerprint density at radius 1 is 1.80 bits per heavy atom. The first-order valence-electron chi connectivity index (χ1n) is 1.20. The average Bonchev–Trinajstić information content (AvgIpc) is 1.38. The quantitative estimate of drug-likeness (QED) is 0.360. The van der Waals surface area contributed by atoms with Crippen molar-refractivity contribution in [1.82, 2.24) is 0 Å². The molecule has 0 aliphatic heterocycles. The van der Waals surface area contributed by atoms with E-state index in [1.54, 1.807) is 0 Å². The molecule has 0 aliphatic rings. The van der Waals surface area contributed by atoms with Crippen molar-refractivity contribution in [3.8, 4) is 0 Å². The van der Waals surface area contributed by atoms with Crippen molar-refractivity contribution in [2.24, 2.45) is 0 Å². The summed E-state index contributed by atoms with van der Waals surface area (Å²) in [7, 11) is 9.22. The van der Waals surface area contributed by atoms with Crippen molar-refractivity contribution in [3.63, 3.8) is 0 Å². The van der Waals surface area contributed by atoms with Gasteiger partial charge in [0.05, 0.1) is 0 Å². The van der Waals surface area contributed by atoms with Crippen LogP contribution in [0.15, 0.2) is 0 Å². The summed E-state index contributed by atoms with van der Waals surface area (Å²) in [5.74, 6) is 0. The van der Waals surface area contributed by atoms with Crippen molar-refractivity contribution in [2.75, 3.05) is 6.67 Å². The van der Waals surface area contributed by atoms with Gasteiger partial charge in [-0.05, 0) is 0 Å². The fourth-order valence-electron chi connectivity index (χ4n) is 0. The first-order valence-corrected chi connectivity index (χ1v) is 1.20. The second-order valence-electron chi connectivity index (χ2n) is 0.709. The zero-order valence-electron chi connectivity index (χ0n) is 2.74. The van der Waals surface area contributed by atoms with Crippen molar-refractivity contribution in [2.45, 2.75) is 0 Å². The van der Waals surface area contributed by atoms with Crippen LogP contribution in [0.25, 0.3) is 0 Å². The molecular formula is C2H2B2F. The van der Waals surface area contributed by atoms with Crippen LogP contribution in [0.2, 0.25) is 0 Å². The normalized spacial score (nSPS) is 7.20. The molecule has 0 aromatic heterocycles. The number of alkyl halides is 1. The van der Waals surface area contributed by atoms with Gasteiger partial charge in [-0.15, -0.1) is 0 Å². The van der Waals surface area contributed by atoms with Crippen molar-refractivity contribution < 1.29 is 4.39 Å². The second kappa shape index (κ2) is 2.18. The summed E-state index contributed by atoms with van der Waals surface area (Å²) in [6.45, 7) is -0.722. The van der Waals surface area contributed by atoms with Crippen molar-refractivity contribution >= 4 is 20.7 Å². The van der Waals surface area contributed by atoms with Gasteiger partial charge in [0.25, 0.3) is 0 Å². The van der Waals surface area contributed by atoms with Gasteiger partial charge < -0.3 is 0 Å². The Morgan fingerprint density at radius 2 is 2.00 bits per heavy atom. The average molecular weight is 66.7 g/mol. The summed E-state index contributed by atoms with van der Waals surface area (Å²) in [5.41, 5.74) is 0. The third kappa shape index (κ3) is 3.93. The number of halogens is 1. The molecule has 0 aromatic rings. The number of hydrogen-bond donors (Lipinski definition) is 0. The van der Waals surface area contributed by atoms with E-state index in [1.165, 1.54) is 0 Å². The minimum atomic E-state index is -0.722. The predicted molar refractivity (Wildman–Crippen MR) is 22.5 cm³/mol. The van der Waals surface area contributed by atoms with E-state index >= 15 is 0 Å². The van der Waals surface area contributed by atoms with Gasteiger partial charge >= 0.3 is 31.8 Å². The molecule has 0 nitrogen and oxygen atoms in total. The Hall–Kier alpha value is -0.0701. The SMILES string of the molecule is [B]C(=[B])CF. The molecule has 0 spiro atoms. The molecule has 0 saturated heterocycles. The predicted octanol–water partition coefficient (Wildman–Crippen LogP) is -0.577. The van der Waals surface area contributed by atoms with Gasteiger partial charge in [-0.1, -0.05) is 0 Å². The van der Waals surface area contributed by atoms with Crippen LogP contribution in [0, 0.1) is 0 Å². The van der Waals surface area contributed by atoms with E-state index in [4.69, 9.17) is 0 Å². The summed E-state index contributed by atoms with van der Waals surface area (Å²) in [4.78, 5) is 0. The Bertz CT molecular complexity index is 42.9. The third-order valence-corrected chi connectivity index (χ3v) is 0.154. The number of hydrogen-bond acceptors (Lipinski definition) is 0. The van der Waals surface area contributed by atoms with E-state index in [9.17, 15) is 4.39 Å². The van der Waals surface area contributed by atoms with Gasteiger partial charge in [0.2, 0.25) is 0 Å². The zero-order valence-corrected chi connectivity index (χ0v) is 2.74. The van der Waals surface area contributed by atoms with Crippen LogP contribution in [0.1, 0.15) is 0 Å². The Morgan fingerprint density at radius 3 is 2.00 bits per heavy atom. The molecule has 0 bridgehead atoms. The first-order chi connectivity index (χ1) is 2.27. The second-order valence-corrected chi connectivity index (χ2v) is 0.709. The molecule has 3 radical (unpaired) electrons. The molecule has 0 aliphatic carbocycles. The van der Waals surface area contributed by atoms with Gasteiger partial charge in [0, 0.05) is 0 Å². The molecule has 0 fully saturated rings. The van der Waals surface area contributed by atoms with E-state index in [0.717, 1.165) is 0 Å². The van der Waals surface area contributed by atoms with Crippen LogP contribution < -0.4 is 0 Å². The van der Waals surface area contributed by atoms with E-state index in [2.05, 4.69) is 15.3 Å². The van der Waals surface area contributed by atoms with Crippen molar-refractivity contribution in [1.29, 1.82) is 0 Å². The van der Waals surface area contributed by atoms with Gasteiger partial charge in [-0.25, -0.2) is 0 Å². The monoisotopic (exact) mass is 67.0 g/mol. The van der Waals surface area contributed by atoms with Crippen LogP contribution >= 0.6 is 0 Å². The Labute approximate surface area is 32.9 Å². The van der Waals surface area contributed by atoms with Crippen LogP contribution in [0.3, 0.4) is 0 Å². The van der Waals surface area contributed by atoms with Gasteiger partial charge in [0.1, 0.15) is 0 Å². The topological polar surface area (TPSA) is 0 Å². The Kier molecular flexibility index (Phi) is 2.15. The molecule has 5 heavy (non-hydrogen) atoms. The fraction of sp³-hybridized carbons (Fsp3) is 0.500. The summed E-state index contributed by atoms with van der Waals surface area (Å²) in [5, 5.41) is -0.162. The maximum absolute atomic E-state index is 10.8. The molecule has 0 N–H and O–H groups in total.